The maximum atomic E-state index is 12.3. The van der Waals surface area contributed by atoms with Crippen molar-refractivity contribution in [1.29, 1.82) is 0 Å². The van der Waals surface area contributed by atoms with Gasteiger partial charge in [-0.25, -0.2) is 0 Å². The first-order valence-electron chi connectivity index (χ1n) is 6.99. The molecular formula is C15H21Cl3N2O. The Morgan fingerprint density at radius 1 is 1.43 bits per heavy atom. The maximum Gasteiger partial charge on any atom is 0.223 e. The molecule has 0 aliphatic carbocycles. The second-order valence-electron chi connectivity index (χ2n) is 5.43. The lowest BCUT2D eigenvalue weighted by Gasteiger charge is -2.25. The van der Waals surface area contributed by atoms with Gasteiger partial charge in [0.15, 0.2) is 0 Å². The zero-order chi connectivity index (χ0) is 14.7. The fraction of sp³-hybridized carbons (Fsp3) is 0.533. The van der Waals surface area contributed by atoms with E-state index in [0.717, 1.165) is 31.4 Å². The minimum absolute atomic E-state index is 0. The molecule has 6 heteroatoms. The molecule has 1 aliphatic rings. The summed E-state index contributed by atoms with van der Waals surface area (Å²) >= 11 is 12.0. The third kappa shape index (κ3) is 4.75. The van der Waals surface area contributed by atoms with Crippen molar-refractivity contribution < 1.29 is 4.79 Å². The molecule has 0 spiro atoms. The fourth-order valence-corrected chi connectivity index (χ4v) is 2.93. The van der Waals surface area contributed by atoms with E-state index in [9.17, 15) is 4.79 Å². The van der Waals surface area contributed by atoms with E-state index in [1.807, 2.05) is 24.0 Å². The van der Waals surface area contributed by atoms with Gasteiger partial charge >= 0.3 is 0 Å². The lowest BCUT2D eigenvalue weighted by atomic mass is 10.0. The Kier molecular flexibility index (Phi) is 7.28. The zero-order valence-corrected chi connectivity index (χ0v) is 14.3. The molecule has 0 radical (unpaired) electrons. The highest BCUT2D eigenvalue weighted by atomic mass is 35.5. The lowest BCUT2D eigenvalue weighted by molar-refractivity contribution is -0.132. The van der Waals surface area contributed by atoms with Crippen molar-refractivity contribution in [3.05, 3.63) is 33.8 Å². The van der Waals surface area contributed by atoms with Crippen LogP contribution >= 0.6 is 35.6 Å². The Labute approximate surface area is 142 Å². The molecule has 0 bridgehead atoms. The number of likely N-dealkylation sites (tertiary alicyclic amines) is 1. The van der Waals surface area contributed by atoms with Gasteiger partial charge in [0.1, 0.15) is 0 Å². The molecule has 1 saturated heterocycles. The molecule has 3 nitrogen and oxygen atoms in total. The number of carbonyl (C=O) groups excluding carboxylic acids is 1. The van der Waals surface area contributed by atoms with Gasteiger partial charge in [0.05, 0.1) is 16.1 Å². The summed E-state index contributed by atoms with van der Waals surface area (Å²) in [5, 5.41) is 1.09. The number of hydrogen-bond donors (Lipinski definition) is 1. The normalized spacial score (nSPS) is 19.2. The monoisotopic (exact) mass is 350 g/mol. The molecule has 1 heterocycles. The highest BCUT2D eigenvalue weighted by Gasteiger charge is 2.29. The van der Waals surface area contributed by atoms with Gasteiger partial charge in [-0.05, 0) is 43.9 Å². The van der Waals surface area contributed by atoms with E-state index in [-0.39, 0.29) is 30.4 Å². The van der Waals surface area contributed by atoms with E-state index in [4.69, 9.17) is 28.9 Å². The van der Waals surface area contributed by atoms with Crippen LogP contribution in [-0.2, 0) is 4.79 Å². The van der Waals surface area contributed by atoms with E-state index >= 15 is 0 Å². The summed E-state index contributed by atoms with van der Waals surface area (Å²) < 4.78 is 0. The molecule has 1 aromatic rings. The summed E-state index contributed by atoms with van der Waals surface area (Å²) in [5.41, 5.74) is 6.78. The van der Waals surface area contributed by atoms with Crippen LogP contribution in [0.2, 0.25) is 10.0 Å². The van der Waals surface area contributed by atoms with Crippen molar-refractivity contribution in [2.75, 3.05) is 6.54 Å². The number of nitrogens with zero attached hydrogens (tertiary/aromatic N) is 1. The molecule has 1 fully saturated rings. The van der Waals surface area contributed by atoms with Crippen LogP contribution in [0, 0.1) is 0 Å². The highest BCUT2D eigenvalue weighted by Crippen LogP contribution is 2.35. The summed E-state index contributed by atoms with van der Waals surface area (Å²) in [6.45, 7) is 2.73. The quantitative estimate of drug-likeness (QED) is 0.883. The SMILES string of the molecule is CC(N)CCC(=O)N1CCCC1c1ccc(Cl)c(Cl)c1.Cl. The zero-order valence-electron chi connectivity index (χ0n) is 12.0. The van der Waals surface area contributed by atoms with Crippen molar-refractivity contribution in [3.63, 3.8) is 0 Å². The number of rotatable bonds is 4. The first-order valence-corrected chi connectivity index (χ1v) is 7.74. The second kappa shape index (κ2) is 8.23. The fourth-order valence-electron chi connectivity index (χ4n) is 2.63. The van der Waals surface area contributed by atoms with Gasteiger partial charge in [-0.3, -0.25) is 4.79 Å². The predicted octanol–water partition coefficient (Wildman–Crippen LogP) is 4.21. The van der Waals surface area contributed by atoms with E-state index in [2.05, 4.69) is 0 Å². The number of amides is 1. The van der Waals surface area contributed by atoms with Crippen molar-refractivity contribution in [1.82, 2.24) is 4.90 Å². The van der Waals surface area contributed by atoms with Crippen molar-refractivity contribution in [3.8, 4) is 0 Å². The van der Waals surface area contributed by atoms with Gasteiger partial charge in [-0.1, -0.05) is 29.3 Å². The van der Waals surface area contributed by atoms with Crippen LogP contribution in [0.5, 0.6) is 0 Å². The smallest absolute Gasteiger partial charge is 0.223 e. The van der Waals surface area contributed by atoms with Gasteiger partial charge < -0.3 is 10.6 Å². The van der Waals surface area contributed by atoms with Gasteiger partial charge in [0, 0.05) is 19.0 Å². The van der Waals surface area contributed by atoms with E-state index in [1.165, 1.54) is 0 Å². The van der Waals surface area contributed by atoms with E-state index in [0.29, 0.717) is 16.5 Å². The number of hydrogen-bond acceptors (Lipinski definition) is 2. The number of nitrogens with two attached hydrogens (primary N) is 1. The average Bonchev–Trinajstić information content (AvgIpc) is 2.88. The Morgan fingerprint density at radius 3 is 2.76 bits per heavy atom. The largest absolute Gasteiger partial charge is 0.336 e. The molecule has 2 rings (SSSR count). The minimum atomic E-state index is 0. The maximum absolute atomic E-state index is 12.3. The third-order valence-corrected chi connectivity index (χ3v) is 4.45. The summed E-state index contributed by atoms with van der Waals surface area (Å²) in [6, 6.07) is 5.79. The summed E-state index contributed by atoms with van der Waals surface area (Å²) in [7, 11) is 0. The van der Waals surface area contributed by atoms with Gasteiger partial charge in [-0.2, -0.15) is 0 Å². The highest BCUT2D eigenvalue weighted by molar-refractivity contribution is 6.42. The van der Waals surface area contributed by atoms with Crippen LogP contribution < -0.4 is 5.73 Å². The van der Waals surface area contributed by atoms with Crippen LogP contribution in [0.1, 0.15) is 44.2 Å². The standard InChI is InChI=1S/C15H20Cl2N2O.ClH/c1-10(18)4-7-15(20)19-8-2-3-14(19)11-5-6-12(16)13(17)9-11;/h5-6,9-10,14H,2-4,7-8,18H2,1H3;1H. The molecule has 0 saturated carbocycles. The Balaban J connectivity index is 0.00000220. The minimum Gasteiger partial charge on any atom is -0.336 e. The lowest BCUT2D eigenvalue weighted by Crippen LogP contribution is -2.31. The average molecular weight is 352 g/mol. The second-order valence-corrected chi connectivity index (χ2v) is 6.25. The van der Waals surface area contributed by atoms with Crippen LogP contribution in [0.15, 0.2) is 18.2 Å². The molecule has 21 heavy (non-hydrogen) atoms. The Morgan fingerprint density at radius 2 is 2.14 bits per heavy atom. The van der Waals surface area contributed by atoms with Crippen LogP contribution in [0.3, 0.4) is 0 Å². The molecular weight excluding hydrogens is 331 g/mol. The Bertz CT molecular complexity index is 494. The molecule has 2 N–H and O–H groups in total. The van der Waals surface area contributed by atoms with E-state index < -0.39 is 0 Å². The molecule has 2 atom stereocenters. The molecule has 2 unspecified atom stereocenters. The van der Waals surface area contributed by atoms with Crippen molar-refractivity contribution in [2.45, 2.75) is 44.7 Å². The van der Waals surface area contributed by atoms with E-state index in [1.54, 1.807) is 6.07 Å². The topological polar surface area (TPSA) is 46.3 Å². The van der Waals surface area contributed by atoms with Crippen LogP contribution in [0.25, 0.3) is 0 Å². The first-order chi connectivity index (χ1) is 9.49. The molecule has 118 valence electrons. The number of benzene rings is 1. The van der Waals surface area contributed by atoms with Crippen LogP contribution in [0.4, 0.5) is 0 Å². The van der Waals surface area contributed by atoms with Crippen molar-refractivity contribution >= 4 is 41.5 Å². The molecule has 1 amide bonds. The first kappa shape index (κ1) is 18.6. The molecule has 0 aromatic heterocycles. The summed E-state index contributed by atoms with van der Waals surface area (Å²) in [4.78, 5) is 14.2. The van der Waals surface area contributed by atoms with Gasteiger partial charge in [0.2, 0.25) is 5.91 Å². The Hall–Kier alpha value is -0.480. The summed E-state index contributed by atoms with van der Waals surface area (Å²) in [6.07, 6.45) is 3.23. The van der Waals surface area contributed by atoms with Crippen molar-refractivity contribution in [2.24, 2.45) is 5.73 Å². The molecule has 1 aliphatic heterocycles. The van der Waals surface area contributed by atoms with Gasteiger partial charge in [0.25, 0.3) is 0 Å². The summed E-state index contributed by atoms with van der Waals surface area (Å²) in [5.74, 6) is 0.177. The van der Waals surface area contributed by atoms with Crippen LogP contribution in [-0.4, -0.2) is 23.4 Å². The van der Waals surface area contributed by atoms with Gasteiger partial charge in [-0.15, -0.1) is 12.4 Å². The molecule has 1 aromatic carbocycles. The number of halogens is 3. The number of carbonyl (C=O) groups is 1. The predicted molar refractivity (Wildman–Crippen MR) is 90.3 cm³/mol. The third-order valence-electron chi connectivity index (χ3n) is 3.72.